The van der Waals surface area contributed by atoms with Gasteiger partial charge in [-0.3, -0.25) is 9.89 Å². The number of aromatic amines is 1. The van der Waals surface area contributed by atoms with Gasteiger partial charge >= 0.3 is 0 Å². The summed E-state index contributed by atoms with van der Waals surface area (Å²) >= 11 is 12.9. The number of carbonyl (C=O) groups excluding carboxylic acids is 1. The highest BCUT2D eigenvalue weighted by Gasteiger charge is 2.18. The number of benzene rings is 2. The van der Waals surface area contributed by atoms with Crippen molar-refractivity contribution in [2.24, 2.45) is 0 Å². The fraction of sp³-hybridized carbons (Fsp3) is 0.259. The van der Waals surface area contributed by atoms with E-state index in [1.165, 1.54) is 6.08 Å². The average Bonchev–Trinajstić information content (AvgIpc) is 3.30. The molecule has 1 fully saturated rings. The molecule has 0 saturated carbocycles. The highest BCUT2D eigenvalue weighted by molar-refractivity contribution is 6.35. The Hall–Kier alpha value is -3.70. The van der Waals surface area contributed by atoms with Crippen LogP contribution in [0.1, 0.15) is 0 Å². The van der Waals surface area contributed by atoms with Gasteiger partial charge in [-0.1, -0.05) is 41.4 Å². The Labute approximate surface area is 236 Å². The molecule has 0 aliphatic carbocycles. The van der Waals surface area contributed by atoms with Gasteiger partial charge in [0.15, 0.2) is 5.65 Å². The molecule has 2 aromatic carbocycles. The molecule has 3 heterocycles. The van der Waals surface area contributed by atoms with Crippen molar-refractivity contribution in [3.63, 3.8) is 0 Å². The smallest absolute Gasteiger partial charge is 0.248 e. The highest BCUT2D eigenvalue weighted by atomic mass is 35.5. The highest BCUT2D eigenvalue weighted by Crippen LogP contribution is 2.34. The summed E-state index contributed by atoms with van der Waals surface area (Å²) in [6.45, 7) is 3.51. The minimum atomic E-state index is -0.218. The van der Waals surface area contributed by atoms with Gasteiger partial charge in [-0.25, -0.2) is 4.98 Å². The van der Waals surface area contributed by atoms with Crippen molar-refractivity contribution in [1.29, 1.82) is 0 Å². The van der Waals surface area contributed by atoms with Crippen molar-refractivity contribution in [2.75, 3.05) is 62.5 Å². The monoisotopic (exact) mass is 566 g/mol. The second-order valence-corrected chi connectivity index (χ2v) is 10.0. The Morgan fingerprint density at radius 2 is 1.95 bits per heavy atom. The molecular weight excluding hydrogens is 539 g/mol. The molecule has 10 nitrogen and oxygen atoms in total. The van der Waals surface area contributed by atoms with Crippen LogP contribution < -0.4 is 15.5 Å². The SMILES string of the molecule is CN(C)C/C=C/C(=O)Nc1cccc(-c2nc(Nc3ccc(Cl)c(N4CCOCC4)c3)nc3n[nH]c(Cl)c23)c1. The molecule has 2 aromatic heterocycles. The van der Waals surface area contributed by atoms with Crippen molar-refractivity contribution in [2.45, 2.75) is 0 Å². The number of amides is 1. The number of fused-ring (bicyclic) bond motifs is 1. The molecule has 1 saturated heterocycles. The molecule has 0 atom stereocenters. The zero-order valence-corrected chi connectivity index (χ0v) is 23.1. The maximum absolute atomic E-state index is 12.4. The van der Waals surface area contributed by atoms with Gasteiger partial charge in [0.2, 0.25) is 11.9 Å². The first-order valence-corrected chi connectivity index (χ1v) is 13.2. The Morgan fingerprint density at radius 1 is 1.13 bits per heavy atom. The van der Waals surface area contributed by atoms with Gasteiger partial charge in [-0.2, -0.15) is 10.1 Å². The Morgan fingerprint density at radius 3 is 2.74 bits per heavy atom. The standard InChI is InChI=1S/C27H28Cl2N8O2/c1-36(2)10-4-7-22(38)30-18-6-3-5-17(15-18)24-23-25(29)34-35-26(23)33-27(32-24)31-19-8-9-20(28)21(16-19)37-11-13-39-14-12-37/h3-9,15-16H,10-14H2,1-2H3,(H,30,38)(H2,31,32,33,34,35)/b7-4+. The van der Waals surface area contributed by atoms with E-state index in [-0.39, 0.29) is 5.91 Å². The number of halogens is 2. The first kappa shape index (κ1) is 26.9. The van der Waals surface area contributed by atoms with E-state index in [2.05, 4.69) is 30.7 Å². The Kier molecular flexibility index (Phi) is 8.27. The molecule has 202 valence electrons. The summed E-state index contributed by atoms with van der Waals surface area (Å²) in [6, 6.07) is 13.1. The summed E-state index contributed by atoms with van der Waals surface area (Å²) in [5, 5.41) is 14.8. The summed E-state index contributed by atoms with van der Waals surface area (Å²) in [4.78, 5) is 25.9. The molecule has 3 N–H and O–H groups in total. The number of anilines is 4. The fourth-order valence-corrected chi connectivity index (χ4v) is 4.67. The van der Waals surface area contributed by atoms with Crippen LogP contribution in [-0.2, 0) is 9.53 Å². The van der Waals surface area contributed by atoms with Crippen LogP contribution >= 0.6 is 23.2 Å². The summed E-state index contributed by atoms with van der Waals surface area (Å²) < 4.78 is 5.47. The molecule has 1 amide bonds. The van der Waals surface area contributed by atoms with Crippen molar-refractivity contribution in [3.8, 4) is 11.3 Å². The lowest BCUT2D eigenvalue weighted by Gasteiger charge is -2.29. The van der Waals surface area contributed by atoms with Gasteiger partial charge in [0, 0.05) is 42.6 Å². The number of aromatic nitrogens is 4. The van der Waals surface area contributed by atoms with E-state index in [9.17, 15) is 4.79 Å². The van der Waals surface area contributed by atoms with Gasteiger partial charge in [0.05, 0.1) is 35.0 Å². The quantitative estimate of drug-likeness (QED) is 0.256. The van der Waals surface area contributed by atoms with Gasteiger partial charge in [0.25, 0.3) is 0 Å². The number of H-pyrrole nitrogens is 1. The third-order valence-corrected chi connectivity index (χ3v) is 6.66. The van der Waals surface area contributed by atoms with Gasteiger partial charge in [-0.15, -0.1) is 0 Å². The van der Waals surface area contributed by atoms with E-state index >= 15 is 0 Å². The van der Waals surface area contributed by atoms with Crippen LogP contribution in [0.15, 0.2) is 54.6 Å². The van der Waals surface area contributed by atoms with Crippen LogP contribution in [0, 0.1) is 0 Å². The molecule has 4 aromatic rings. The molecule has 1 aliphatic heterocycles. The molecule has 12 heteroatoms. The number of hydrogen-bond donors (Lipinski definition) is 3. The zero-order chi connectivity index (χ0) is 27.4. The third-order valence-electron chi connectivity index (χ3n) is 6.07. The molecule has 0 radical (unpaired) electrons. The molecule has 0 spiro atoms. The van der Waals surface area contributed by atoms with Crippen molar-refractivity contribution < 1.29 is 9.53 Å². The normalized spacial score (nSPS) is 13.9. The number of nitrogens with zero attached hydrogens (tertiary/aromatic N) is 5. The van der Waals surface area contributed by atoms with E-state index < -0.39 is 0 Å². The summed E-state index contributed by atoms with van der Waals surface area (Å²) in [7, 11) is 3.88. The lowest BCUT2D eigenvalue weighted by atomic mass is 10.1. The second kappa shape index (κ2) is 12.0. The Balaban J connectivity index is 1.44. The van der Waals surface area contributed by atoms with Crippen LogP contribution in [0.3, 0.4) is 0 Å². The molecule has 5 rings (SSSR count). The molecule has 39 heavy (non-hydrogen) atoms. The number of nitrogens with one attached hydrogen (secondary N) is 3. The first-order chi connectivity index (χ1) is 18.9. The molecule has 1 aliphatic rings. The van der Waals surface area contributed by atoms with Crippen LogP contribution in [0.2, 0.25) is 10.2 Å². The third kappa shape index (κ3) is 6.48. The van der Waals surface area contributed by atoms with Crippen LogP contribution in [0.4, 0.5) is 23.0 Å². The van der Waals surface area contributed by atoms with Crippen LogP contribution in [0.5, 0.6) is 0 Å². The van der Waals surface area contributed by atoms with E-state index in [0.29, 0.717) is 58.3 Å². The molecule has 0 unspecified atom stereocenters. The first-order valence-electron chi connectivity index (χ1n) is 12.4. The fourth-order valence-electron chi connectivity index (χ4n) is 4.22. The van der Waals surface area contributed by atoms with Crippen molar-refractivity contribution in [3.05, 3.63) is 64.8 Å². The number of hydrogen-bond acceptors (Lipinski definition) is 8. The summed E-state index contributed by atoms with van der Waals surface area (Å²) in [5.41, 5.74) is 4.05. The zero-order valence-electron chi connectivity index (χ0n) is 21.5. The number of rotatable bonds is 8. The molecule has 0 bridgehead atoms. The number of likely N-dealkylation sites (N-methyl/N-ethyl adjacent to an activating group) is 1. The van der Waals surface area contributed by atoms with E-state index in [4.69, 9.17) is 32.9 Å². The van der Waals surface area contributed by atoms with E-state index in [1.54, 1.807) is 6.08 Å². The average molecular weight is 567 g/mol. The van der Waals surface area contributed by atoms with E-state index in [0.717, 1.165) is 30.0 Å². The maximum Gasteiger partial charge on any atom is 0.248 e. The number of morpholine rings is 1. The summed E-state index contributed by atoms with van der Waals surface area (Å²) in [5.74, 6) is 0.126. The van der Waals surface area contributed by atoms with Gasteiger partial charge in [0.1, 0.15) is 5.15 Å². The van der Waals surface area contributed by atoms with Gasteiger partial charge in [-0.05, 0) is 44.4 Å². The largest absolute Gasteiger partial charge is 0.378 e. The minimum Gasteiger partial charge on any atom is -0.378 e. The topological polar surface area (TPSA) is 111 Å². The number of carbonyl (C=O) groups is 1. The Bertz CT molecular complexity index is 1520. The second-order valence-electron chi connectivity index (χ2n) is 9.26. The van der Waals surface area contributed by atoms with Gasteiger partial charge < -0.3 is 25.2 Å². The predicted molar refractivity (Wildman–Crippen MR) is 156 cm³/mol. The van der Waals surface area contributed by atoms with E-state index in [1.807, 2.05) is 61.5 Å². The van der Waals surface area contributed by atoms with Crippen molar-refractivity contribution >= 4 is 63.2 Å². The van der Waals surface area contributed by atoms with Crippen molar-refractivity contribution in [1.82, 2.24) is 25.1 Å². The lowest BCUT2D eigenvalue weighted by Crippen LogP contribution is -2.36. The predicted octanol–water partition coefficient (Wildman–Crippen LogP) is 4.96. The van der Waals surface area contributed by atoms with Crippen LogP contribution in [-0.4, -0.2) is 77.9 Å². The lowest BCUT2D eigenvalue weighted by molar-refractivity contribution is -0.111. The molecular formula is C27H28Cl2N8O2. The maximum atomic E-state index is 12.4. The minimum absolute atomic E-state index is 0.218. The number of ether oxygens (including phenoxy) is 1. The van der Waals surface area contributed by atoms with Crippen LogP contribution in [0.25, 0.3) is 22.3 Å². The summed E-state index contributed by atoms with van der Waals surface area (Å²) in [6.07, 6.45) is 3.32.